The molecule has 1 aromatic carbocycles. The molecular formula is C15H17ClN4O2S. The SMILES string of the molecule is Cc1nc(N2CCN(c3ccc(Cl)cc3[N+](=O)[O-])CC2)sc1C. The highest BCUT2D eigenvalue weighted by Crippen LogP contribution is 2.33. The maximum absolute atomic E-state index is 11.2. The van der Waals surface area contributed by atoms with Crippen LogP contribution in [0.25, 0.3) is 0 Å². The number of anilines is 2. The molecule has 0 unspecified atom stereocenters. The van der Waals surface area contributed by atoms with E-state index in [1.807, 2.05) is 11.8 Å². The molecule has 0 bridgehead atoms. The number of nitro groups is 1. The van der Waals surface area contributed by atoms with Crippen LogP contribution < -0.4 is 9.80 Å². The van der Waals surface area contributed by atoms with Gasteiger partial charge in [-0.25, -0.2) is 4.98 Å². The van der Waals surface area contributed by atoms with Crippen LogP contribution in [0.4, 0.5) is 16.5 Å². The maximum atomic E-state index is 11.2. The highest BCUT2D eigenvalue weighted by Gasteiger charge is 2.25. The molecule has 0 atom stereocenters. The normalized spacial score (nSPS) is 15.1. The quantitative estimate of drug-likeness (QED) is 0.623. The fourth-order valence-corrected chi connectivity index (χ4v) is 3.77. The van der Waals surface area contributed by atoms with Crippen LogP contribution in [0, 0.1) is 24.0 Å². The molecule has 0 aliphatic carbocycles. The predicted molar refractivity (Wildman–Crippen MR) is 94.1 cm³/mol. The third kappa shape index (κ3) is 3.25. The summed E-state index contributed by atoms with van der Waals surface area (Å²) in [6.45, 7) is 7.13. The number of benzene rings is 1. The molecule has 2 heterocycles. The second-order valence-electron chi connectivity index (χ2n) is 5.50. The Kier molecular flexibility index (Phi) is 4.41. The van der Waals surface area contributed by atoms with E-state index < -0.39 is 0 Å². The Morgan fingerprint density at radius 3 is 2.43 bits per heavy atom. The topological polar surface area (TPSA) is 62.5 Å². The highest BCUT2D eigenvalue weighted by molar-refractivity contribution is 7.15. The van der Waals surface area contributed by atoms with Gasteiger partial charge in [-0.2, -0.15) is 0 Å². The first kappa shape index (κ1) is 16.0. The summed E-state index contributed by atoms with van der Waals surface area (Å²) in [6.07, 6.45) is 0. The number of rotatable bonds is 3. The molecule has 6 nitrogen and oxygen atoms in total. The average molecular weight is 353 g/mol. The molecule has 122 valence electrons. The standard InChI is InChI=1S/C15H17ClN4O2S/c1-10-11(2)23-15(17-10)19-7-5-18(6-8-19)13-4-3-12(16)9-14(13)20(21)22/h3-4,9H,5-8H2,1-2H3. The summed E-state index contributed by atoms with van der Waals surface area (Å²) >= 11 is 7.58. The third-order valence-corrected chi connectivity index (χ3v) is 5.41. The van der Waals surface area contributed by atoms with Crippen molar-refractivity contribution in [1.82, 2.24) is 4.98 Å². The van der Waals surface area contributed by atoms with Crippen molar-refractivity contribution in [2.24, 2.45) is 0 Å². The van der Waals surface area contributed by atoms with Gasteiger partial charge in [0, 0.05) is 42.1 Å². The molecule has 0 spiro atoms. The largest absolute Gasteiger partial charge is 0.362 e. The minimum absolute atomic E-state index is 0.0619. The first-order chi connectivity index (χ1) is 11.0. The van der Waals surface area contributed by atoms with E-state index in [-0.39, 0.29) is 10.6 Å². The lowest BCUT2D eigenvalue weighted by Crippen LogP contribution is -2.46. The summed E-state index contributed by atoms with van der Waals surface area (Å²) in [5, 5.41) is 12.7. The van der Waals surface area contributed by atoms with Crippen LogP contribution in [0.5, 0.6) is 0 Å². The van der Waals surface area contributed by atoms with E-state index in [0.717, 1.165) is 37.0 Å². The number of nitro benzene ring substituents is 1. The molecule has 1 saturated heterocycles. The molecule has 1 aromatic heterocycles. The maximum Gasteiger partial charge on any atom is 0.294 e. The van der Waals surface area contributed by atoms with Gasteiger partial charge in [0.15, 0.2) is 5.13 Å². The highest BCUT2D eigenvalue weighted by atomic mass is 35.5. The van der Waals surface area contributed by atoms with E-state index in [4.69, 9.17) is 11.6 Å². The number of aromatic nitrogens is 1. The van der Waals surface area contributed by atoms with Gasteiger partial charge in [0.1, 0.15) is 5.69 Å². The van der Waals surface area contributed by atoms with Crippen LogP contribution >= 0.6 is 22.9 Å². The minimum Gasteiger partial charge on any atom is -0.362 e. The molecule has 8 heteroatoms. The zero-order valence-electron chi connectivity index (χ0n) is 13.0. The van der Waals surface area contributed by atoms with E-state index in [9.17, 15) is 10.1 Å². The first-order valence-corrected chi connectivity index (χ1v) is 8.53. The van der Waals surface area contributed by atoms with Crippen LogP contribution in [0.1, 0.15) is 10.6 Å². The lowest BCUT2D eigenvalue weighted by atomic mass is 10.2. The Morgan fingerprint density at radius 1 is 1.22 bits per heavy atom. The van der Waals surface area contributed by atoms with Gasteiger partial charge >= 0.3 is 0 Å². The van der Waals surface area contributed by atoms with Gasteiger partial charge in [-0.3, -0.25) is 10.1 Å². The Bertz CT molecular complexity index is 722. The third-order valence-electron chi connectivity index (χ3n) is 4.04. The van der Waals surface area contributed by atoms with Gasteiger partial charge in [-0.05, 0) is 26.0 Å². The number of aryl methyl sites for hydroxylation is 2. The van der Waals surface area contributed by atoms with Crippen LogP contribution in [0.15, 0.2) is 18.2 Å². The Balaban J connectivity index is 1.75. The summed E-state index contributed by atoms with van der Waals surface area (Å²) in [4.78, 5) is 21.0. The summed E-state index contributed by atoms with van der Waals surface area (Å²) in [6, 6.07) is 4.84. The first-order valence-electron chi connectivity index (χ1n) is 7.33. The van der Waals surface area contributed by atoms with Gasteiger partial charge < -0.3 is 9.80 Å². The number of halogens is 1. The fraction of sp³-hybridized carbons (Fsp3) is 0.400. The summed E-state index contributed by atoms with van der Waals surface area (Å²) < 4.78 is 0. The van der Waals surface area contributed by atoms with Gasteiger partial charge in [0.2, 0.25) is 0 Å². The van der Waals surface area contributed by atoms with E-state index in [0.29, 0.717) is 10.7 Å². The minimum atomic E-state index is -0.374. The zero-order chi connectivity index (χ0) is 16.6. The van der Waals surface area contributed by atoms with Crippen molar-refractivity contribution in [2.45, 2.75) is 13.8 Å². The molecule has 3 rings (SSSR count). The Labute approximate surface area is 143 Å². The van der Waals surface area contributed by atoms with Crippen LogP contribution in [0.3, 0.4) is 0 Å². The molecule has 0 amide bonds. The van der Waals surface area contributed by atoms with Crippen molar-refractivity contribution >= 4 is 39.4 Å². The van der Waals surface area contributed by atoms with Gasteiger partial charge in [-0.15, -0.1) is 11.3 Å². The zero-order valence-corrected chi connectivity index (χ0v) is 14.5. The Morgan fingerprint density at radius 2 is 1.87 bits per heavy atom. The van der Waals surface area contributed by atoms with Crippen molar-refractivity contribution < 1.29 is 4.92 Å². The molecule has 2 aromatic rings. The molecule has 23 heavy (non-hydrogen) atoms. The molecule has 1 fully saturated rings. The van der Waals surface area contributed by atoms with E-state index in [1.165, 1.54) is 10.9 Å². The van der Waals surface area contributed by atoms with Crippen molar-refractivity contribution in [3.63, 3.8) is 0 Å². The lowest BCUT2D eigenvalue weighted by molar-refractivity contribution is -0.384. The molecule has 0 radical (unpaired) electrons. The molecule has 1 aliphatic rings. The molecular weight excluding hydrogens is 336 g/mol. The monoisotopic (exact) mass is 352 g/mol. The molecule has 1 aliphatic heterocycles. The summed E-state index contributed by atoms with van der Waals surface area (Å²) in [5.41, 5.74) is 1.76. The number of piperazine rings is 1. The second kappa shape index (κ2) is 6.33. The lowest BCUT2D eigenvalue weighted by Gasteiger charge is -2.35. The van der Waals surface area contributed by atoms with Crippen LogP contribution in [-0.2, 0) is 0 Å². The van der Waals surface area contributed by atoms with Crippen molar-refractivity contribution in [2.75, 3.05) is 36.0 Å². The predicted octanol–water partition coefficient (Wildman–Crippen LogP) is 3.65. The van der Waals surface area contributed by atoms with Gasteiger partial charge in [-0.1, -0.05) is 11.6 Å². The number of nitrogens with zero attached hydrogens (tertiary/aromatic N) is 4. The van der Waals surface area contributed by atoms with Crippen molar-refractivity contribution in [3.8, 4) is 0 Å². The smallest absolute Gasteiger partial charge is 0.294 e. The van der Waals surface area contributed by atoms with Gasteiger partial charge in [0.25, 0.3) is 5.69 Å². The van der Waals surface area contributed by atoms with E-state index >= 15 is 0 Å². The number of hydrogen-bond acceptors (Lipinski definition) is 6. The average Bonchev–Trinajstić information content (AvgIpc) is 2.87. The van der Waals surface area contributed by atoms with Crippen LogP contribution in [-0.4, -0.2) is 36.1 Å². The second-order valence-corrected chi connectivity index (χ2v) is 7.12. The van der Waals surface area contributed by atoms with Crippen LogP contribution in [0.2, 0.25) is 5.02 Å². The van der Waals surface area contributed by atoms with Crippen molar-refractivity contribution in [3.05, 3.63) is 43.9 Å². The van der Waals surface area contributed by atoms with Gasteiger partial charge in [0.05, 0.1) is 10.6 Å². The van der Waals surface area contributed by atoms with Crippen molar-refractivity contribution in [1.29, 1.82) is 0 Å². The number of hydrogen-bond donors (Lipinski definition) is 0. The summed E-state index contributed by atoms with van der Waals surface area (Å²) in [7, 11) is 0. The molecule has 0 N–H and O–H groups in total. The van der Waals surface area contributed by atoms with E-state index in [1.54, 1.807) is 23.5 Å². The number of thiazole rings is 1. The Hall–Kier alpha value is -1.86. The molecule has 0 saturated carbocycles. The summed E-state index contributed by atoms with van der Waals surface area (Å²) in [5.74, 6) is 0. The van der Waals surface area contributed by atoms with E-state index in [2.05, 4.69) is 16.8 Å². The fourth-order valence-electron chi connectivity index (χ4n) is 2.64.